The molecule has 53 heavy (non-hydrogen) atoms. The second-order valence-electron chi connectivity index (χ2n) is 11.6. The maximum absolute atomic E-state index is 14.3. The highest BCUT2D eigenvalue weighted by atomic mass is 79.9. The Morgan fingerprint density at radius 1 is 0.755 bits per heavy atom. The zero-order valence-corrected chi connectivity index (χ0v) is 30.0. The Labute approximate surface area is 312 Å². The van der Waals surface area contributed by atoms with Crippen molar-refractivity contribution in [1.82, 2.24) is 10.6 Å². The van der Waals surface area contributed by atoms with E-state index >= 15 is 0 Å². The fourth-order valence-electron chi connectivity index (χ4n) is 5.39. The molecule has 2 fully saturated rings. The number of nitrogens with zero attached hydrogens (tertiary/aromatic N) is 2. The Morgan fingerprint density at radius 3 is 1.94 bits per heavy atom. The van der Waals surface area contributed by atoms with Crippen molar-refractivity contribution in [2.75, 3.05) is 67.8 Å². The Bertz CT molecular complexity index is 2030. The van der Waals surface area contributed by atoms with Gasteiger partial charge in [0.05, 0.1) is 72.9 Å². The van der Waals surface area contributed by atoms with E-state index in [1.807, 2.05) is 24.3 Å². The van der Waals surface area contributed by atoms with E-state index in [9.17, 15) is 18.4 Å². The van der Waals surface area contributed by atoms with Crippen LogP contribution < -0.4 is 36.6 Å². The van der Waals surface area contributed by atoms with Crippen LogP contribution in [0.2, 0.25) is 0 Å². The summed E-state index contributed by atoms with van der Waals surface area (Å²) in [6, 6.07) is 21.0. The molecule has 0 spiro atoms. The molecule has 2 saturated heterocycles. The van der Waals surface area contributed by atoms with E-state index in [1.54, 1.807) is 30.3 Å². The fraction of sp³-hybridized carbons (Fsp3) is 0.243. The Hall–Kier alpha value is -5.62. The maximum atomic E-state index is 14.3. The summed E-state index contributed by atoms with van der Waals surface area (Å²) in [5, 5.41) is 34.5. The highest BCUT2D eigenvalue weighted by Crippen LogP contribution is 2.30. The van der Waals surface area contributed by atoms with E-state index in [0.717, 1.165) is 41.8 Å². The van der Waals surface area contributed by atoms with Crippen molar-refractivity contribution < 1.29 is 32.6 Å². The molecule has 16 heteroatoms. The lowest BCUT2D eigenvalue weighted by Gasteiger charge is -2.24. The summed E-state index contributed by atoms with van der Waals surface area (Å²) in [6.07, 6.45) is -0.242. The van der Waals surface area contributed by atoms with Gasteiger partial charge >= 0.3 is 12.1 Å². The average molecular weight is 790 g/mol. The van der Waals surface area contributed by atoms with Crippen LogP contribution in [0.25, 0.3) is 0 Å². The third kappa shape index (κ3) is 10.9. The topological polar surface area (TPSA) is 182 Å². The van der Waals surface area contributed by atoms with Gasteiger partial charge in [-0.25, -0.2) is 18.4 Å². The number of carbonyl (C=O) groups excluding carboxylic acids is 2. The van der Waals surface area contributed by atoms with Gasteiger partial charge in [-0.3, -0.25) is 0 Å². The first-order valence-electron chi connectivity index (χ1n) is 16.3. The number of nitrogens with one attached hydrogen (secondary N) is 6. The van der Waals surface area contributed by atoms with Crippen molar-refractivity contribution in [3.63, 3.8) is 0 Å². The van der Waals surface area contributed by atoms with Crippen molar-refractivity contribution in [1.29, 1.82) is 10.5 Å². The molecule has 2 aliphatic heterocycles. The molecule has 4 aromatic rings. The smallest absolute Gasteiger partial charge is 0.323 e. The van der Waals surface area contributed by atoms with E-state index in [0.29, 0.717) is 48.0 Å². The van der Waals surface area contributed by atoms with Crippen LogP contribution in [0.4, 0.5) is 41.1 Å². The number of hydrogen-bond acceptors (Lipinski definition) is 9. The Balaban J connectivity index is 0.000000204. The van der Waals surface area contributed by atoms with Gasteiger partial charge in [-0.05, 0) is 87.7 Å². The van der Waals surface area contributed by atoms with Crippen LogP contribution in [0, 0.1) is 34.3 Å². The molecule has 0 bridgehead atoms. The lowest BCUT2D eigenvalue weighted by molar-refractivity contribution is 0.0275. The predicted octanol–water partition coefficient (Wildman–Crippen LogP) is 6.78. The minimum Gasteiger partial charge on any atom is -0.495 e. The average Bonchev–Trinajstić information content (AvgIpc) is 3.17. The lowest BCUT2D eigenvalue weighted by atomic mass is 10.1. The molecule has 4 aromatic carbocycles. The van der Waals surface area contributed by atoms with Gasteiger partial charge in [0.2, 0.25) is 0 Å². The van der Waals surface area contributed by atoms with Crippen molar-refractivity contribution in [3.8, 4) is 17.9 Å². The highest BCUT2D eigenvalue weighted by Gasteiger charge is 2.19. The van der Waals surface area contributed by atoms with Crippen LogP contribution >= 0.6 is 15.9 Å². The van der Waals surface area contributed by atoms with Crippen LogP contribution in [-0.4, -0.2) is 58.6 Å². The number of morpholine rings is 2. The Kier molecular flexibility index (Phi) is 13.7. The van der Waals surface area contributed by atoms with Crippen molar-refractivity contribution in [3.05, 3.63) is 111 Å². The van der Waals surface area contributed by atoms with Crippen molar-refractivity contribution in [2.24, 2.45) is 0 Å². The van der Waals surface area contributed by atoms with Crippen molar-refractivity contribution in [2.45, 2.75) is 12.2 Å². The zero-order chi connectivity index (χ0) is 37.7. The maximum Gasteiger partial charge on any atom is 0.323 e. The van der Waals surface area contributed by atoms with Gasteiger partial charge in [0, 0.05) is 36.3 Å². The number of methoxy groups -OCH3 is 1. The predicted molar refractivity (Wildman–Crippen MR) is 198 cm³/mol. The molecule has 2 aliphatic rings. The molecule has 274 valence electrons. The van der Waals surface area contributed by atoms with E-state index in [2.05, 4.69) is 47.8 Å². The van der Waals surface area contributed by atoms with Gasteiger partial charge in [-0.2, -0.15) is 10.5 Å². The monoisotopic (exact) mass is 788 g/mol. The number of amides is 4. The van der Waals surface area contributed by atoms with Crippen LogP contribution in [0.3, 0.4) is 0 Å². The largest absolute Gasteiger partial charge is 0.495 e. The number of carbonyl (C=O) groups is 2. The first-order valence-corrected chi connectivity index (χ1v) is 17.1. The molecule has 0 saturated carbocycles. The van der Waals surface area contributed by atoms with Gasteiger partial charge in [-0.1, -0.05) is 12.1 Å². The van der Waals surface area contributed by atoms with E-state index in [4.69, 9.17) is 24.7 Å². The molecule has 0 radical (unpaired) electrons. The molecule has 0 aromatic heterocycles. The summed E-state index contributed by atoms with van der Waals surface area (Å²) >= 11 is 3.49. The van der Waals surface area contributed by atoms with Gasteiger partial charge in [0.1, 0.15) is 17.4 Å². The van der Waals surface area contributed by atoms with Crippen LogP contribution in [-0.2, 0) is 9.47 Å². The number of ether oxygens (including phenoxy) is 3. The molecule has 6 rings (SSSR count). The molecular formula is C37H35BrF2N8O5. The first kappa shape index (κ1) is 38.6. The molecule has 6 N–H and O–H groups in total. The number of hydrogen-bond donors (Lipinski definition) is 6. The standard InChI is InChI=1S/C19H19BrN4O3.C18H16F2N4O2/c1-26-17-5-2-12(10-21)8-16(17)24-19(25)23-15-4-3-13(9-14(15)20)18-11-22-6-7-27-18;19-13-5-11(9-21)6-14(8-13)23-18(25)24-16-2-1-12(7-15(16)20)17-10-22-3-4-26-17/h2-5,8-9,18,22H,6-7,11H2,1H3,(H2,23,24,25);1-2,5-8,17,22H,3-4,10H2,(H2,23,24,25)/t18-;17-/m10/s1. The quantitative estimate of drug-likeness (QED) is 0.118. The minimum absolute atomic E-state index is 0.00379. The van der Waals surface area contributed by atoms with E-state index in [-0.39, 0.29) is 29.1 Å². The Morgan fingerprint density at radius 2 is 1.36 bits per heavy atom. The van der Waals surface area contributed by atoms with Gasteiger partial charge in [0.25, 0.3) is 0 Å². The summed E-state index contributed by atoms with van der Waals surface area (Å²) < 4.78 is 44.9. The fourth-order valence-corrected chi connectivity index (χ4v) is 5.88. The van der Waals surface area contributed by atoms with Crippen LogP contribution in [0.1, 0.15) is 34.5 Å². The first-order chi connectivity index (χ1) is 25.6. The zero-order valence-electron chi connectivity index (χ0n) is 28.4. The lowest BCUT2D eigenvalue weighted by Crippen LogP contribution is -2.33. The van der Waals surface area contributed by atoms with Crippen LogP contribution in [0.5, 0.6) is 5.75 Å². The van der Waals surface area contributed by atoms with Crippen LogP contribution in [0.15, 0.2) is 77.3 Å². The summed E-state index contributed by atoms with van der Waals surface area (Å²) in [5.41, 5.74) is 3.31. The molecule has 0 aliphatic carbocycles. The summed E-state index contributed by atoms with van der Waals surface area (Å²) in [6.45, 7) is 4.18. The van der Waals surface area contributed by atoms with Gasteiger partial charge in [-0.15, -0.1) is 0 Å². The number of nitriles is 2. The summed E-state index contributed by atoms with van der Waals surface area (Å²) in [4.78, 5) is 24.4. The summed E-state index contributed by atoms with van der Waals surface area (Å²) in [7, 11) is 1.50. The second kappa shape index (κ2) is 18.7. The number of halogens is 3. The molecule has 13 nitrogen and oxygen atoms in total. The second-order valence-corrected chi connectivity index (χ2v) is 12.5. The SMILES string of the molecule is COc1ccc(C#N)cc1NC(=O)Nc1ccc([C@H]2CNCCO2)cc1Br.N#Cc1cc(F)cc(NC(=O)Nc2ccc([C@@H]3CNCCO3)cc2F)c1. The summed E-state index contributed by atoms with van der Waals surface area (Å²) in [5.74, 6) is -0.791. The normalized spacial score (nSPS) is 16.4. The number of benzene rings is 4. The number of rotatable bonds is 7. The molecule has 2 atom stereocenters. The molecular weight excluding hydrogens is 754 g/mol. The third-order valence-electron chi connectivity index (χ3n) is 7.94. The molecule has 0 unspecified atom stereocenters. The molecule has 4 amide bonds. The highest BCUT2D eigenvalue weighted by molar-refractivity contribution is 9.10. The van der Waals surface area contributed by atoms with E-state index < -0.39 is 23.7 Å². The molecule has 2 heterocycles. The number of urea groups is 2. The van der Waals surface area contributed by atoms with Crippen molar-refractivity contribution >= 4 is 50.7 Å². The minimum atomic E-state index is -0.748. The van der Waals surface area contributed by atoms with Gasteiger partial charge in [0.15, 0.2) is 0 Å². The van der Waals surface area contributed by atoms with E-state index in [1.165, 1.54) is 25.3 Å². The third-order valence-corrected chi connectivity index (χ3v) is 8.60. The number of anilines is 4. The van der Waals surface area contributed by atoms with Gasteiger partial charge < -0.3 is 46.1 Å².